The first-order chi connectivity index (χ1) is 12.0. The number of para-hydroxylation sites is 2. The van der Waals surface area contributed by atoms with Gasteiger partial charge in [-0.05, 0) is 40.2 Å². The van der Waals surface area contributed by atoms with E-state index in [2.05, 4.69) is 26.0 Å². The van der Waals surface area contributed by atoms with Crippen LogP contribution in [0.15, 0.2) is 45.8 Å². The van der Waals surface area contributed by atoms with Crippen molar-refractivity contribution in [3.63, 3.8) is 0 Å². The van der Waals surface area contributed by atoms with E-state index < -0.39 is 22.7 Å². The maximum Gasteiger partial charge on any atom is 0.405 e. The largest absolute Gasteiger partial charge is 0.494 e. The molecule has 0 radical (unpaired) electrons. The molecule has 0 saturated carbocycles. The fraction of sp³-hybridized carbons (Fsp3) is 0.200. The van der Waals surface area contributed by atoms with Crippen LogP contribution in [0.2, 0.25) is 5.02 Å². The molecule has 5 nitrogen and oxygen atoms in total. The van der Waals surface area contributed by atoms with Crippen LogP contribution in [-0.2, 0) is 10.0 Å². The second-order valence-corrected chi connectivity index (χ2v) is 7.98. The molecule has 2 rings (SSSR count). The minimum Gasteiger partial charge on any atom is -0.494 e. The molecule has 0 unspecified atom stereocenters. The Morgan fingerprint density at radius 1 is 1.19 bits per heavy atom. The lowest BCUT2D eigenvalue weighted by molar-refractivity contribution is -0.115. The van der Waals surface area contributed by atoms with E-state index >= 15 is 0 Å². The highest BCUT2D eigenvalue weighted by molar-refractivity contribution is 9.10. The molecule has 0 bridgehead atoms. The zero-order chi connectivity index (χ0) is 19.5. The van der Waals surface area contributed by atoms with Crippen LogP contribution in [0.3, 0.4) is 0 Å². The molecule has 26 heavy (non-hydrogen) atoms. The molecule has 142 valence electrons. The summed E-state index contributed by atoms with van der Waals surface area (Å²) in [7, 11) is -2.90. The summed E-state index contributed by atoms with van der Waals surface area (Å²) >= 11 is 9.06. The molecule has 0 fully saturated rings. The minimum atomic E-state index is -4.45. The van der Waals surface area contributed by atoms with Crippen molar-refractivity contribution in [3.05, 3.63) is 45.9 Å². The Morgan fingerprint density at radius 2 is 1.81 bits per heavy atom. The molecule has 2 N–H and O–H groups in total. The van der Waals surface area contributed by atoms with E-state index in [-0.39, 0.29) is 27.0 Å². The molecule has 0 spiro atoms. The first-order valence-electron chi connectivity index (χ1n) is 6.99. The van der Waals surface area contributed by atoms with E-state index in [9.17, 15) is 21.6 Å². The second kappa shape index (κ2) is 7.93. The topological polar surface area (TPSA) is 67.4 Å². The lowest BCUT2D eigenvalue weighted by atomic mass is 10.3. The first kappa shape index (κ1) is 20.7. The zero-order valence-corrected chi connectivity index (χ0v) is 16.4. The Labute approximate surface area is 161 Å². The number of anilines is 2. The molecule has 0 amide bonds. The van der Waals surface area contributed by atoms with Crippen LogP contribution in [0.5, 0.6) is 5.75 Å². The number of alkyl halides is 3. The molecular weight excluding hydrogens is 461 g/mol. The molecule has 0 aliphatic rings. The van der Waals surface area contributed by atoms with E-state index in [4.69, 9.17) is 16.3 Å². The summed E-state index contributed by atoms with van der Waals surface area (Å²) in [5.74, 6) is 0.0163. The van der Waals surface area contributed by atoms with Crippen LogP contribution < -0.4 is 14.8 Å². The predicted octanol–water partition coefficient (Wildman–Crippen LogP) is 4.89. The van der Waals surface area contributed by atoms with Gasteiger partial charge in [-0.1, -0.05) is 23.7 Å². The Balaban J connectivity index is 2.40. The SMILES string of the molecule is COc1c(Br)cc(Cl)cc1S(=O)(=O)Nc1ccccc1NCC(F)(F)F. The van der Waals surface area contributed by atoms with Crippen molar-refractivity contribution < 1.29 is 26.3 Å². The fourth-order valence-corrected chi connectivity index (χ4v) is 4.52. The number of methoxy groups -OCH3 is 1. The average Bonchev–Trinajstić information content (AvgIpc) is 2.52. The summed E-state index contributed by atoms with van der Waals surface area (Å²) in [4.78, 5) is -0.259. The van der Waals surface area contributed by atoms with Crippen LogP contribution >= 0.6 is 27.5 Å². The molecule has 0 atom stereocenters. The van der Waals surface area contributed by atoms with E-state index in [0.717, 1.165) is 0 Å². The molecule has 0 aromatic heterocycles. The Hall–Kier alpha value is -1.65. The molecule has 0 aliphatic carbocycles. The van der Waals surface area contributed by atoms with Gasteiger partial charge in [0.2, 0.25) is 0 Å². The number of hydrogen-bond acceptors (Lipinski definition) is 4. The van der Waals surface area contributed by atoms with Gasteiger partial charge in [-0.15, -0.1) is 0 Å². The van der Waals surface area contributed by atoms with Gasteiger partial charge in [0.05, 0.1) is 23.0 Å². The van der Waals surface area contributed by atoms with Crippen molar-refractivity contribution in [2.75, 3.05) is 23.7 Å². The molecule has 11 heteroatoms. The van der Waals surface area contributed by atoms with Crippen molar-refractivity contribution in [2.24, 2.45) is 0 Å². The van der Waals surface area contributed by atoms with Crippen LogP contribution in [0.4, 0.5) is 24.5 Å². The Kier molecular flexibility index (Phi) is 6.30. The third kappa shape index (κ3) is 5.18. The Morgan fingerprint density at radius 3 is 2.38 bits per heavy atom. The van der Waals surface area contributed by atoms with Crippen molar-refractivity contribution in [3.8, 4) is 5.75 Å². The van der Waals surface area contributed by atoms with Crippen molar-refractivity contribution in [1.29, 1.82) is 0 Å². The molecular formula is C15H13BrClF3N2O3S. The average molecular weight is 474 g/mol. The van der Waals surface area contributed by atoms with Crippen LogP contribution in [-0.4, -0.2) is 28.2 Å². The number of rotatable bonds is 6. The van der Waals surface area contributed by atoms with Gasteiger partial charge in [0.1, 0.15) is 11.4 Å². The maximum atomic E-state index is 12.7. The zero-order valence-electron chi connectivity index (χ0n) is 13.2. The van der Waals surface area contributed by atoms with Gasteiger partial charge in [0.15, 0.2) is 5.75 Å². The number of nitrogens with one attached hydrogen (secondary N) is 2. The van der Waals surface area contributed by atoms with Crippen molar-refractivity contribution in [1.82, 2.24) is 0 Å². The van der Waals surface area contributed by atoms with Gasteiger partial charge >= 0.3 is 6.18 Å². The predicted molar refractivity (Wildman–Crippen MR) is 97.5 cm³/mol. The lowest BCUT2D eigenvalue weighted by Gasteiger charge is -2.17. The summed E-state index contributed by atoms with van der Waals surface area (Å²) in [6, 6.07) is 8.27. The van der Waals surface area contributed by atoms with Crippen LogP contribution in [0.1, 0.15) is 0 Å². The van der Waals surface area contributed by atoms with Gasteiger partial charge < -0.3 is 10.1 Å². The normalized spacial score (nSPS) is 11.9. The highest BCUT2D eigenvalue weighted by atomic mass is 79.9. The highest BCUT2D eigenvalue weighted by Crippen LogP contribution is 2.37. The van der Waals surface area contributed by atoms with Crippen molar-refractivity contribution >= 4 is 48.9 Å². The number of ether oxygens (including phenoxy) is 1. The van der Waals surface area contributed by atoms with E-state index in [0.29, 0.717) is 4.47 Å². The van der Waals surface area contributed by atoms with E-state index in [1.54, 1.807) is 0 Å². The van der Waals surface area contributed by atoms with E-state index in [1.165, 1.54) is 43.5 Å². The molecule has 0 aliphatic heterocycles. The van der Waals surface area contributed by atoms with E-state index in [1.807, 2.05) is 0 Å². The standard InChI is InChI=1S/C15H13BrClF3N2O3S/c1-25-14-10(16)6-9(17)7-13(14)26(23,24)22-12-5-3-2-4-11(12)21-8-15(18,19)20/h2-7,21-22H,8H2,1H3. The quantitative estimate of drug-likeness (QED) is 0.627. The summed E-state index contributed by atoms with van der Waals surface area (Å²) in [5.41, 5.74) is -0.0663. The van der Waals surface area contributed by atoms with Gasteiger partial charge in [-0.25, -0.2) is 8.42 Å². The summed E-state index contributed by atoms with van der Waals surface area (Å²) in [6.07, 6.45) is -4.45. The number of hydrogen-bond donors (Lipinski definition) is 2. The monoisotopic (exact) mass is 472 g/mol. The highest BCUT2D eigenvalue weighted by Gasteiger charge is 2.28. The van der Waals surface area contributed by atoms with Gasteiger partial charge in [-0.2, -0.15) is 13.2 Å². The van der Waals surface area contributed by atoms with Crippen LogP contribution in [0.25, 0.3) is 0 Å². The summed E-state index contributed by atoms with van der Waals surface area (Å²) in [5, 5.41) is 2.30. The summed E-state index contributed by atoms with van der Waals surface area (Å²) in [6.45, 7) is -1.31. The van der Waals surface area contributed by atoms with Gasteiger partial charge in [0.25, 0.3) is 10.0 Å². The minimum absolute atomic E-state index is 0.0163. The first-order valence-corrected chi connectivity index (χ1v) is 9.64. The number of halogens is 5. The summed E-state index contributed by atoms with van der Waals surface area (Å²) < 4.78 is 70.4. The molecule has 2 aromatic rings. The fourth-order valence-electron chi connectivity index (χ4n) is 2.06. The second-order valence-electron chi connectivity index (χ2n) is 5.04. The molecule has 0 heterocycles. The lowest BCUT2D eigenvalue weighted by Crippen LogP contribution is -2.22. The third-order valence-corrected chi connectivity index (χ3v) is 5.30. The number of benzene rings is 2. The molecule has 2 aromatic carbocycles. The third-order valence-electron chi connectivity index (χ3n) is 3.12. The van der Waals surface area contributed by atoms with Crippen molar-refractivity contribution in [2.45, 2.75) is 11.1 Å². The number of sulfonamides is 1. The maximum absolute atomic E-state index is 12.7. The molecule has 0 saturated heterocycles. The Bertz CT molecular complexity index is 907. The van der Waals surface area contributed by atoms with Crippen LogP contribution in [0, 0.1) is 0 Å². The smallest absolute Gasteiger partial charge is 0.405 e. The van der Waals surface area contributed by atoms with Gasteiger partial charge in [-0.3, -0.25) is 4.72 Å². The van der Waals surface area contributed by atoms with Gasteiger partial charge in [0, 0.05) is 5.02 Å².